The summed E-state index contributed by atoms with van der Waals surface area (Å²) in [6.45, 7) is 4.27. The summed E-state index contributed by atoms with van der Waals surface area (Å²) in [6, 6.07) is 10.6. The Labute approximate surface area is 208 Å². The average molecular weight is 476 g/mol. The van der Waals surface area contributed by atoms with Crippen molar-refractivity contribution in [3.8, 4) is 0 Å². The lowest BCUT2D eigenvalue weighted by Crippen LogP contribution is -2.33. The van der Waals surface area contributed by atoms with E-state index in [0.29, 0.717) is 18.8 Å². The van der Waals surface area contributed by atoms with Gasteiger partial charge in [-0.2, -0.15) is 0 Å². The Morgan fingerprint density at radius 2 is 2.03 bits per heavy atom. The summed E-state index contributed by atoms with van der Waals surface area (Å²) in [5, 5.41) is 12.2. The van der Waals surface area contributed by atoms with Crippen molar-refractivity contribution in [3.05, 3.63) is 75.7 Å². The van der Waals surface area contributed by atoms with Crippen LogP contribution in [0.15, 0.2) is 53.3 Å². The van der Waals surface area contributed by atoms with Crippen molar-refractivity contribution in [2.24, 2.45) is 10.9 Å². The number of pyridine rings is 1. The molecular formula is C29H34ClN3O. The second kappa shape index (κ2) is 9.77. The molecule has 1 aliphatic carbocycles. The lowest BCUT2D eigenvalue weighted by atomic mass is 9.76. The van der Waals surface area contributed by atoms with Crippen molar-refractivity contribution in [2.75, 3.05) is 20.1 Å². The predicted octanol–water partition coefficient (Wildman–Crippen LogP) is 6.34. The van der Waals surface area contributed by atoms with Crippen LogP contribution >= 0.6 is 11.6 Å². The Balaban J connectivity index is 1.56. The summed E-state index contributed by atoms with van der Waals surface area (Å²) in [7, 11) is 2.21. The SMILES string of the molecule is CCC(O)(CCC1=Cc2cc(Cl)ccc2C(C2CCN(C)CC2)c2ncccc21)C1=CCC=N1. The Hall–Kier alpha value is -2.27. The van der Waals surface area contributed by atoms with E-state index < -0.39 is 5.60 Å². The van der Waals surface area contributed by atoms with E-state index in [4.69, 9.17) is 16.6 Å². The Morgan fingerprint density at radius 3 is 2.76 bits per heavy atom. The van der Waals surface area contributed by atoms with Crippen molar-refractivity contribution in [1.82, 2.24) is 9.88 Å². The van der Waals surface area contributed by atoms with Gasteiger partial charge in [-0.25, -0.2) is 0 Å². The summed E-state index contributed by atoms with van der Waals surface area (Å²) in [6.07, 6.45) is 13.3. The summed E-state index contributed by atoms with van der Waals surface area (Å²) in [5.74, 6) is 0.793. The first-order valence-corrected chi connectivity index (χ1v) is 13.0. The summed E-state index contributed by atoms with van der Waals surface area (Å²) in [4.78, 5) is 11.9. The van der Waals surface area contributed by atoms with Gasteiger partial charge in [-0.15, -0.1) is 0 Å². The number of benzene rings is 1. The van der Waals surface area contributed by atoms with Gasteiger partial charge in [0.1, 0.15) is 5.60 Å². The molecule has 1 N–H and O–H groups in total. The number of nitrogens with zero attached hydrogens (tertiary/aromatic N) is 3. The van der Waals surface area contributed by atoms with Gasteiger partial charge in [-0.05, 0) is 98.6 Å². The van der Waals surface area contributed by atoms with Crippen LogP contribution in [0.2, 0.25) is 5.02 Å². The minimum Gasteiger partial charge on any atom is -0.384 e. The fourth-order valence-corrected chi connectivity index (χ4v) is 6.04. The molecule has 3 heterocycles. The van der Waals surface area contributed by atoms with Gasteiger partial charge in [-0.3, -0.25) is 9.98 Å². The fraction of sp³-hybridized carbons (Fsp3) is 0.448. The second-order valence-electron chi connectivity index (χ2n) is 10.0. The molecule has 2 atom stereocenters. The normalized spacial score (nSPS) is 22.4. The maximum absolute atomic E-state index is 11.4. The molecule has 1 saturated heterocycles. The number of aliphatic hydroxyl groups is 1. The van der Waals surface area contributed by atoms with E-state index >= 15 is 0 Å². The largest absolute Gasteiger partial charge is 0.384 e. The lowest BCUT2D eigenvalue weighted by Gasteiger charge is -2.35. The molecule has 0 amide bonds. The van der Waals surface area contributed by atoms with Crippen LogP contribution in [0, 0.1) is 5.92 Å². The maximum atomic E-state index is 11.4. The Kier molecular flexibility index (Phi) is 6.74. The fourth-order valence-electron chi connectivity index (χ4n) is 5.86. The highest BCUT2D eigenvalue weighted by atomic mass is 35.5. The molecule has 0 spiro atoms. The average Bonchev–Trinajstić information content (AvgIpc) is 3.36. The van der Waals surface area contributed by atoms with E-state index in [1.807, 2.05) is 37.5 Å². The van der Waals surface area contributed by atoms with Crippen molar-refractivity contribution < 1.29 is 5.11 Å². The molecule has 178 valence electrons. The molecule has 1 aromatic heterocycles. The van der Waals surface area contributed by atoms with Crippen molar-refractivity contribution >= 4 is 29.5 Å². The van der Waals surface area contributed by atoms with Gasteiger partial charge in [0.2, 0.25) is 0 Å². The smallest absolute Gasteiger partial charge is 0.106 e. The number of aliphatic imine (C=N–C) groups is 1. The molecule has 4 nitrogen and oxygen atoms in total. The number of rotatable bonds is 6. The molecule has 34 heavy (non-hydrogen) atoms. The first kappa shape index (κ1) is 23.5. The first-order valence-electron chi connectivity index (χ1n) is 12.6. The molecule has 1 fully saturated rings. The number of allylic oxidation sites excluding steroid dienone is 2. The standard InChI is InChI=1S/C29H34ClN3O/c1-3-29(34,26-7-5-14-31-26)13-10-21-18-22-19-23(30)8-9-24(22)27(20-11-16-33(2)17-12-20)28-25(21)6-4-15-32-28/h4,6-9,14-15,18-20,27,34H,3,5,10-13,16-17H2,1-2H3. The molecule has 5 heteroatoms. The van der Waals surface area contributed by atoms with E-state index in [9.17, 15) is 5.11 Å². The zero-order chi connectivity index (χ0) is 23.7. The summed E-state index contributed by atoms with van der Waals surface area (Å²) < 4.78 is 0. The lowest BCUT2D eigenvalue weighted by molar-refractivity contribution is 0.0656. The third kappa shape index (κ3) is 4.51. The molecule has 3 aliphatic rings. The van der Waals surface area contributed by atoms with Crippen molar-refractivity contribution in [2.45, 2.75) is 57.0 Å². The molecule has 0 saturated carbocycles. The number of likely N-dealkylation sites (tertiary alicyclic amines) is 1. The van der Waals surface area contributed by atoms with Crippen LogP contribution in [0.4, 0.5) is 0 Å². The highest BCUT2D eigenvalue weighted by molar-refractivity contribution is 6.30. The molecule has 0 radical (unpaired) electrons. The van der Waals surface area contributed by atoms with Crippen LogP contribution in [0.3, 0.4) is 0 Å². The van der Waals surface area contributed by atoms with Gasteiger partial charge >= 0.3 is 0 Å². The highest BCUT2D eigenvalue weighted by Gasteiger charge is 2.35. The van der Waals surface area contributed by atoms with Gasteiger partial charge in [0.15, 0.2) is 0 Å². The number of piperidine rings is 1. The molecule has 0 bridgehead atoms. The van der Waals surface area contributed by atoms with Crippen molar-refractivity contribution in [1.29, 1.82) is 0 Å². The van der Waals surface area contributed by atoms with Gasteiger partial charge in [0.25, 0.3) is 0 Å². The Morgan fingerprint density at radius 1 is 1.21 bits per heavy atom. The van der Waals surface area contributed by atoms with E-state index in [1.165, 1.54) is 28.0 Å². The number of hydrogen-bond acceptors (Lipinski definition) is 4. The van der Waals surface area contributed by atoms with Crippen LogP contribution in [0.25, 0.3) is 11.6 Å². The maximum Gasteiger partial charge on any atom is 0.106 e. The van der Waals surface area contributed by atoms with E-state index in [0.717, 1.165) is 49.5 Å². The highest BCUT2D eigenvalue weighted by Crippen LogP contribution is 2.46. The molecular weight excluding hydrogens is 442 g/mol. The van der Waals surface area contributed by atoms with Gasteiger partial charge < -0.3 is 10.0 Å². The Bertz CT molecular complexity index is 1150. The number of halogens is 1. The quantitative estimate of drug-likeness (QED) is 0.530. The minimum absolute atomic E-state index is 0.248. The van der Waals surface area contributed by atoms with Crippen LogP contribution in [0.1, 0.15) is 73.8 Å². The van der Waals surface area contributed by atoms with E-state index in [-0.39, 0.29) is 5.92 Å². The van der Waals surface area contributed by atoms with Gasteiger partial charge in [0.05, 0.1) is 11.4 Å². The summed E-state index contributed by atoms with van der Waals surface area (Å²) >= 11 is 6.48. The van der Waals surface area contributed by atoms with E-state index in [1.54, 1.807) is 0 Å². The monoisotopic (exact) mass is 475 g/mol. The predicted molar refractivity (Wildman–Crippen MR) is 141 cm³/mol. The first-order chi connectivity index (χ1) is 16.5. The minimum atomic E-state index is -0.910. The molecule has 2 aromatic rings. The van der Waals surface area contributed by atoms with Crippen LogP contribution in [-0.4, -0.2) is 46.9 Å². The van der Waals surface area contributed by atoms with Crippen LogP contribution < -0.4 is 0 Å². The number of fused-ring (bicyclic) bond motifs is 2. The van der Waals surface area contributed by atoms with Gasteiger partial charge in [0, 0.05) is 29.8 Å². The van der Waals surface area contributed by atoms with E-state index in [2.05, 4.69) is 41.2 Å². The topological polar surface area (TPSA) is 48.7 Å². The molecule has 2 unspecified atom stereocenters. The van der Waals surface area contributed by atoms with Crippen LogP contribution in [-0.2, 0) is 0 Å². The summed E-state index contributed by atoms with van der Waals surface area (Å²) in [5.41, 5.74) is 6.00. The van der Waals surface area contributed by atoms with Crippen LogP contribution in [0.5, 0.6) is 0 Å². The van der Waals surface area contributed by atoms with Gasteiger partial charge in [-0.1, -0.05) is 42.8 Å². The third-order valence-electron chi connectivity index (χ3n) is 7.94. The zero-order valence-corrected chi connectivity index (χ0v) is 20.9. The zero-order valence-electron chi connectivity index (χ0n) is 20.2. The van der Waals surface area contributed by atoms with Crippen molar-refractivity contribution in [3.63, 3.8) is 0 Å². The molecule has 1 aromatic carbocycles. The second-order valence-corrected chi connectivity index (χ2v) is 10.5. The number of aromatic nitrogens is 1. The molecule has 2 aliphatic heterocycles. The molecule has 5 rings (SSSR count). The number of hydrogen-bond donors (Lipinski definition) is 1. The third-order valence-corrected chi connectivity index (χ3v) is 8.18.